The summed E-state index contributed by atoms with van der Waals surface area (Å²) in [6.07, 6.45) is -0.356. The van der Waals surface area contributed by atoms with Crippen LogP contribution in [0.4, 0.5) is 5.69 Å². The molecule has 0 fully saturated rings. The molecule has 0 aliphatic carbocycles. The molecule has 1 aromatic carbocycles. The summed E-state index contributed by atoms with van der Waals surface area (Å²) in [5.74, 6) is -3.85. The van der Waals surface area contributed by atoms with E-state index in [0.29, 0.717) is 0 Å². The van der Waals surface area contributed by atoms with E-state index in [9.17, 15) is 19.7 Å². The predicted octanol–water partition coefficient (Wildman–Crippen LogP) is 2.05. The predicted molar refractivity (Wildman–Crippen MR) is 69.6 cm³/mol. The van der Waals surface area contributed by atoms with Crippen LogP contribution in [-0.4, -0.2) is 28.6 Å². The molecule has 108 valence electrons. The second-order valence-corrected chi connectivity index (χ2v) is 4.31. The molecule has 0 aromatic heterocycles. The van der Waals surface area contributed by atoms with Gasteiger partial charge in [-0.1, -0.05) is 11.6 Å². The van der Waals surface area contributed by atoms with E-state index in [1.807, 2.05) is 0 Å². The van der Waals surface area contributed by atoms with Crippen LogP contribution in [0.5, 0.6) is 0 Å². The summed E-state index contributed by atoms with van der Waals surface area (Å²) in [5.41, 5.74) is -0.215. The Bertz CT molecular complexity index is 545. The van der Waals surface area contributed by atoms with Crippen LogP contribution < -0.4 is 0 Å². The number of ether oxygens (including phenoxy) is 1. The van der Waals surface area contributed by atoms with Crippen molar-refractivity contribution in [3.05, 3.63) is 38.9 Å². The van der Waals surface area contributed by atoms with Gasteiger partial charge in [0.15, 0.2) is 5.92 Å². The van der Waals surface area contributed by atoms with Crippen molar-refractivity contribution in [2.75, 3.05) is 6.61 Å². The SMILES string of the molecule is CCOC(=O)C(Cc1cc(Cl)ccc1[N+](=O)[O-])C(=O)O. The Morgan fingerprint density at radius 1 is 1.50 bits per heavy atom. The van der Waals surface area contributed by atoms with Gasteiger partial charge in [-0.05, 0) is 19.1 Å². The molecule has 0 aliphatic rings. The smallest absolute Gasteiger partial charge is 0.320 e. The largest absolute Gasteiger partial charge is 0.481 e. The molecule has 0 saturated carbocycles. The minimum Gasteiger partial charge on any atom is -0.481 e. The average Bonchev–Trinajstić information content (AvgIpc) is 2.35. The highest BCUT2D eigenvalue weighted by molar-refractivity contribution is 6.30. The zero-order chi connectivity index (χ0) is 15.3. The number of hydrogen-bond donors (Lipinski definition) is 1. The topological polar surface area (TPSA) is 107 Å². The van der Waals surface area contributed by atoms with Crippen LogP contribution in [0.3, 0.4) is 0 Å². The second-order valence-electron chi connectivity index (χ2n) is 3.88. The van der Waals surface area contributed by atoms with Crippen molar-refractivity contribution >= 4 is 29.2 Å². The number of aliphatic carboxylic acids is 1. The van der Waals surface area contributed by atoms with E-state index in [0.717, 1.165) is 0 Å². The first kappa shape index (κ1) is 15.9. The van der Waals surface area contributed by atoms with Crippen LogP contribution in [0.25, 0.3) is 0 Å². The van der Waals surface area contributed by atoms with E-state index in [2.05, 4.69) is 4.74 Å². The Morgan fingerprint density at radius 3 is 2.65 bits per heavy atom. The van der Waals surface area contributed by atoms with Gasteiger partial charge in [-0.2, -0.15) is 0 Å². The van der Waals surface area contributed by atoms with E-state index < -0.39 is 22.8 Å². The van der Waals surface area contributed by atoms with Crippen molar-refractivity contribution in [1.82, 2.24) is 0 Å². The summed E-state index contributed by atoms with van der Waals surface area (Å²) < 4.78 is 4.65. The summed E-state index contributed by atoms with van der Waals surface area (Å²) >= 11 is 5.74. The monoisotopic (exact) mass is 301 g/mol. The Morgan fingerprint density at radius 2 is 2.15 bits per heavy atom. The Kier molecular flexibility index (Phi) is 5.45. The fourth-order valence-corrected chi connectivity index (χ4v) is 1.82. The van der Waals surface area contributed by atoms with Crippen LogP contribution in [0.1, 0.15) is 12.5 Å². The number of hydrogen-bond acceptors (Lipinski definition) is 5. The number of carbonyl (C=O) groups excluding carboxylic acids is 1. The van der Waals surface area contributed by atoms with Gasteiger partial charge in [0.25, 0.3) is 5.69 Å². The number of rotatable bonds is 6. The van der Waals surface area contributed by atoms with Gasteiger partial charge in [-0.3, -0.25) is 19.7 Å². The number of carboxylic acids is 1. The van der Waals surface area contributed by atoms with Crippen molar-refractivity contribution in [1.29, 1.82) is 0 Å². The number of halogens is 1. The molecule has 20 heavy (non-hydrogen) atoms. The average molecular weight is 302 g/mol. The maximum atomic E-state index is 11.5. The van der Waals surface area contributed by atoms with Crippen molar-refractivity contribution in [3.63, 3.8) is 0 Å². The molecule has 8 heteroatoms. The Labute approximate surface area is 119 Å². The van der Waals surface area contributed by atoms with Gasteiger partial charge in [-0.15, -0.1) is 0 Å². The lowest BCUT2D eigenvalue weighted by Crippen LogP contribution is -2.28. The van der Waals surface area contributed by atoms with Crippen LogP contribution in [0.15, 0.2) is 18.2 Å². The van der Waals surface area contributed by atoms with Crippen LogP contribution >= 0.6 is 11.6 Å². The second kappa shape index (κ2) is 6.85. The first-order valence-electron chi connectivity index (χ1n) is 5.69. The molecule has 1 aromatic rings. The van der Waals surface area contributed by atoms with Gasteiger partial charge in [0.05, 0.1) is 11.5 Å². The molecule has 1 unspecified atom stereocenters. The molecule has 0 amide bonds. The normalized spacial score (nSPS) is 11.7. The molecule has 1 rings (SSSR count). The van der Waals surface area contributed by atoms with Crippen molar-refractivity contribution < 1.29 is 24.4 Å². The summed E-state index contributed by atoms with van der Waals surface area (Å²) in [4.78, 5) is 32.9. The fourth-order valence-electron chi connectivity index (χ4n) is 1.63. The van der Waals surface area contributed by atoms with E-state index >= 15 is 0 Å². The van der Waals surface area contributed by atoms with Gasteiger partial charge in [0.1, 0.15) is 0 Å². The summed E-state index contributed by atoms with van der Waals surface area (Å²) in [5, 5.41) is 20.1. The number of carbonyl (C=O) groups is 2. The first-order chi connectivity index (χ1) is 9.36. The van der Waals surface area contributed by atoms with E-state index in [1.54, 1.807) is 6.92 Å². The fraction of sp³-hybridized carbons (Fsp3) is 0.333. The third-order valence-electron chi connectivity index (χ3n) is 2.53. The number of nitro benzene ring substituents is 1. The Hall–Kier alpha value is -2.15. The third-order valence-corrected chi connectivity index (χ3v) is 2.77. The van der Waals surface area contributed by atoms with Gasteiger partial charge < -0.3 is 9.84 Å². The van der Waals surface area contributed by atoms with Crippen LogP contribution in [0, 0.1) is 16.0 Å². The third kappa shape index (κ3) is 3.92. The number of nitrogens with zero attached hydrogens (tertiary/aromatic N) is 1. The summed E-state index contributed by atoms with van der Waals surface area (Å²) in [6, 6.07) is 3.76. The highest BCUT2D eigenvalue weighted by atomic mass is 35.5. The van der Waals surface area contributed by atoms with Crippen LogP contribution in [-0.2, 0) is 20.7 Å². The molecule has 1 atom stereocenters. The van der Waals surface area contributed by atoms with E-state index in [4.69, 9.17) is 16.7 Å². The highest BCUT2D eigenvalue weighted by Gasteiger charge is 2.30. The number of nitro groups is 1. The maximum Gasteiger partial charge on any atom is 0.320 e. The van der Waals surface area contributed by atoms with Crippen molar-refractivity contribution in [2.24, 2.45) is 5.92 Å². The van der Waals surface area contributed by atoms with E-state index in [1.165, 1.54) is 18.2 Å². The molecule has 0 saturated heterocycles. The minimum absolute atomic E-state index is 0.0280. The summed E-state index contributed by atoms with van der Waals surface area (Å²) in [6.45, 7) is 1.57. The lowest BCUT2D eigenvalue weighted by atomic mass is 9.98. The molecular formula is C12H12ClNO6. The van der Waals surface area contributed by atoms with E-state index in [-0.39, 0.29) is 29.3 Å². The zero-order valence-electron chi connectivity index (χ0n) is 10.5. The molecule has 7 nitrogen and oxygen atoms in total. The first-order valence-corrected chi connectivity index (χ1v) is 6.06. The molecule has 0 spiro atoms. The standard InChI is InChI=1S/C12H12ClNO6/c1-2-20-12(17)9(11(15)16)6-7-5-8(13)3-4-10(7)14(18)19/h3-5,9H,2,6H2,1H3,(H,15,16). The molecule has 0 bridgehead atoms. The lowest BCUT2D eigenvalue weighted by molar-refractivity contribution is -0.385. The molecule has 0 radical (unpaired) electrons. The van der Waals surface area contributed by atoms with Crippen molar-refractivity contribution in [3.8, 4) is 0 Å². The van der Waals surface area contributed by atoms with Crippen LogP contribution in [0.2, 0.25) is 5.02 Å². The van der Waals surface area contributed by atoms with Gasteiger partial charge >= 0.3 is 11.9 Å². The van der Waals surface area contributed by atoms with Gasteiger partial charge in [0, 0.05) is 23.1 Å². The van der Waals surface area contributed by atoms with Crippen molar-refractivity contribution in [2.45, 2.75) is 13.3 Å². The number of benzene rings is 1. The molecule has 0 heterocycles. The Balaban J connectivity index is 3.10. The minimum atomic E-state index is -1.51. The quantitative estimate of drug-likeness (QED) is 0.373. The molecular weight excluding hydrogens is 290 g/mol. The highest BCUT2D eigenvalue weighted by Crippen LogP contribution is 2.25. The summed E-state index contributed by atoms with van der Waals surface area (Å²) in [7, 11) is 0. The van der Waals surface area contributed by atoms with Gasteiger partial charge in [0.2, 0.25) is 0 Å². The number of esters is 1. The zero-order valence-corrected chi connectivity index (χ0v) is 11.3. The molecule has 1 N–H and O–H groups in total. The lowest BCUT2D eigenvalue weighted by Gasteiger charge is -2.11. The van der Waals surface area contributed by atoms with Gasteiger partial charge in [-0.25, -0.2) is 0 Å². The molecule has 0 aliphatic heterocycles. The number of carboxylic acid groups (broad SMARTS) is 1. The maximum absolute atomic E-state index is 11.5.